The van der Waals surface area contributed by atoms with Gasteiger partial charge in [0.15, 0.2) is 0 Å². The first-order valence-corrected chi connectivity index (χ1v) is 13.3. The van der Waals surface area contributed by atoms with Crippen LogP contribution in [-0.2, 0) is 16.6 Å². The molecule has 4 heterocycles. The van der Waals surface area contributed by atoms with Crippen molar-refractivity contribution in [2.45, 2.75) is 24.3 Å². The number of carbonyl (C=O) groups excluding carboxylic acids is 1. The summed E-state index contributed by atoms with van der Waals surface area (Å²) in [5, 5.41) is 2.84. The van der Waals surface area contributed by atoms with Crippen molar-refractivity contribution < 1.29 is 13.2 Å². The number of pyridine rings is 1. The molecule has 0 atom stereocenters. The number of aromatic nitrogens is 1. The predicted octanol–water partition coefficient (Wildman–Crippen LogP) is 3.04. The second kappa shape index (κ2) is 8.90. The lowest BCUT2D eigenvalue weighted by molar-refractivity contribution is 0.0630. The Bertz CT molecular complexity index is 1220. The van der Waals surface area contributed by atoms with Crippen LogP contribution in [0.5, 0.6) is 0 Å². The Morgan fingerprint density at radius 3 is 2.50 bits per heavy atom. The number of thiophene rings is 1. The van der Waals surface area contributed by atoms with Gasteiger partial charge in [0.25, 0.3) is 5.91 Å². The van der Waals surface area contributed by atoms with Crippen LogP contribution in [0.3, 0.4) is 0 Å². The van der Waals surface area contributed by atoms with Crippen LogP contribution in [0.2, 0.25) is 0 Å². The first kappa shape index (κ1) is 21.5. The lowest BCUT2D eigenvalue weighted by Gasteiger charge is -2.34. The molecule has 1 amide bonds. The minimum atomic E-state index is -3.60. The zero-order chi connectivity index (χ0) is 22.1. The number of piperazine rings is 1. The number of hydrogen-bond acceptors (Lipinski definition) is 6. The Kier molecular flexibility index (Phi) is 5.98. The quantitative estimate of drug-likeness (QED) is 0.573. The Morgan fingerprint density at radius 1 is 0.969 bits per heavy atom. The van der Waals surface area contributed by atoms with E-state index in [1.165, 1.54) is 21.2 Å². The van der Waals surface area contributed by atoms with Crippen LogP contribution in [0.15, 0.2) is 52.9 Å². The topological polar surface area (TPSA) is 73.8 Å². The van der Waals surface area contributed by atoms with Crippen LogP contribution in [0.4, 0.5) is 0 Å². The van der Waals surface area contributed by atoms with E-state index in [2.05, 4.69) is 34.1 Å². The third-order valence-electron chi connectivity index (χ3n) is 6.28. The molecule has 0 saturated carbocycles. The van der Waals surface area contributed by atoms with E-state index in [9.17, 15) is 13.2 Å². The highest BCUT2D eigenvalue weighted by molar-refractivity contribution is 7.89. The van der Waals surface area contributed by atoms with Gasteiger partial charge in [-0.2, -0.15) is 4.31 Å². The third-order valence-corrected chi connectivity index (χ3v) is 9.25. The average molecular weight is 471 g/mol. The van der Waals surface area contributed by atoms with E-state index >= 15 is 0 Å². The van der Waals surface area contributed by atoms with Crippen LogP contribution in [-0.4, -0.2) is 72.7 Å². The molecule has 1 aromatic carbocycles. The van der Waals surface area contributed by atoms with E-state index in [4.69, 9.17) is 0 Å². The van der Waals surface area contributed by atoms with Gasteiger partial charge in [-0.05, 0) is 35.9 Å². The van der Waals surface area contributed by atoms with Crippen LogP contribution in [0.25, 0.3) is 10.9 Å². The van der Waals surface area contributed by atoms with E-state index in [1.54, 1.807) is 16.3 Å². The van der Waals surface area contributed by atoms with E-state index in [-0.39, 0.29) is 10.8 Å². The minimum Gasteiger partial charge on any atom is -0.335 e. The SMILES string of the molecule is O=C(c1sccc1S(=O)(=O)N1CCCC1)N1CCN(Cc2cccc3cccnc23)CC1. The van der Waals surface area contributed by atoms with Crippen LogP contribution < -0.4 is 0 Å². The summed E-state index contributed by atoms with van der Waals surface area (Å²) in [6, 6.07) is 11.8. The van der Waals surface area contributed by atoms with Gasteiger partial charge in [0.1, 0.15) is 9.77 Å². The summed E-state index contributed by atoms with van der Waals surface area (Å²) in [7, 11) is -3.60. The van der Waals surface area contributed by atoms with Crippen molar-refractivity contribution in [3.8, 4) is 0 Å². The van der Waals surface area contributed by atoms with Crippen molar-refractivity contribution in [1.29, 1.82) is 0 Å². The summed E-state index contributed by atoms with van der Waals surface area (Å²) in [5.41, 5.74) is 2.20. The van der Waals surface area contributed by atoms with E-state index in [0.29, 0.717) is 31.1 Å². The minimum absolute atomic E-state index is 0.165. The maximum atomic E-state index is 13.2. The summed E-state index contributed by atoms with van der Waals surface area (Å²) < 4.78 is 27.5. The molecule has 7 nitrogen and oxygen atoms in total. The second-order valence-corrected chi connectivity index (χ2v) is 11.1. The molecule has 5 rings (SSSR count). The number of sulfonamides is 1. The largest absolute Gasteiger partial charge is 0.335 e. The highest BCUT2D eigenvalue weighted by Gasteiger charge is 2.34. The summed E-state index contributed by atoms with van der Waals surface area (Å²) in [4.78, 5) is 22.4. The fourth-order valence-corrected chi connectivity index (χ4v) is 7.39. The van der Waals surface area contributed by atoms with Crippen molar-refractivity contribution in [3.63, 3.8) is 0 Å². The molecule has 9 heteroatoms. The summed E-state index contributed by atoms with van der Waals surface area (Å²) in [6.07, 6.45) is 3.57. The van der Waals surface area contributed by atoms with Gasteiger partial charge in [0, 0.05) is 57.4 Å². The molecule has 0 radical (unpaired) electrons. The van der Waals surface area contributed by atoms with Crippen molar-refractivity contribution in [1.82, 2.24) is 19.1 Å². The highest BCUT2D eigenvalue weighted by Crippen LogP contribution is 2.29. The molecular formula is C23H26N4O3S2. The molecule has 2 aromatic heterocycles. The van der Waals surface area contributed by atoms with Crippen molar-refractivity contribution >= 4 is 38.2 Å². The lowest BCUT2D eigenvalue weighted by atomic mass is 10.1. The number of carbonyl (C=O) groups is 1. The molecular weight excluding hydrogens is 444 g/mol. The molecule has 168 valence electrons. The molecule has 0 bridgehead atoms. The first-order valence-electron chi connectivity index (χ1n) is 11.0. The average Bonchev–Trinajstić information content (AvgIpc) is 3.52. The fourth-order valence-electron chi connectivity index (χ4n) is 4.51. The van der Waals surface area contributed by atoms with E-state index < -0.39 is 10.0 Å². The number of hydrogen-bond donors (Lipinski definition) is 0. The van der Waals surface area contributed by atoms with Gasteiger partial charge in [-0.3, -0.25) is 14.7 Å². The summed E-state index contributed by atoms with van der Waals surface area (Å²) in [6.45, 7) is 4.50. The Balaban J connectivity index is 1.26. The third kappa shape index (κ3) is 4.05. The fraction of sp³-hybridized carbons (Fsp3) is 0.391. The standard InChI is InChI=1S/C23H26N4O3S2/c28-23(22-20(8-16-31-22)32(29,30)27-10-1-2-11-27)26-14-12-25(13-15-26)17-19-6-3-5-18-7-4-9-24-21(18)19/h3-9,16H,1-2,10-15,17H2. The monoisotopic (exact) mass is 470 g/mol. The molecule has 0 N–H and O–H groups in total. The Morgan fingerprint density at radius 2 is 1.72 bits per heavy atom. The maximum Gasteiger partial charge on any atom is 0.265 e. The number of nitrogens with zero attached hydrogens (tertiary/aromatic N) is 4. The number of para-hydroxylation sites is 1. The highest BCUT2D eigenvalue weighted by atomic mass is 32.2. The van der Waals surface area contributed by atoms with Gasteiger partial charge >= 0.3 is 0 Å². The number of amides is 1. The van der Waals surface area contributed by atoms with Crippen molar-refractivity contribution in [3.05, 3.63) is 58.4 Å². The summed E-state index contributed by atoms with van der Waals surface area (Å²) >= 11 is 1.22. The normalized spacial score (nSPS) is 18.4. The molecule has 2 saturated heterocycles. The van der Waals surface area contributed by atoms with Gasteiger partial charge in [-0.25, -0.2) is 8.42 Å². The maximum absolute atomic E-state index is 13.2. The smallest absolute Gasteiger partial charge is 0.265 e. The number of rotatable bonds is 5. The van der Waals surface area contributed by atoms with Gasteiger partial charge in [0.05, 0.1) is 5.52 Å². The van der Waals surface area contributed by atoms with Gasteiger partial charge in [-0.15, -0.1) is 11.3 Å². The molecule has 3 aromatic rings. The van der Waals surface area contributed by atoms with Crippen molar-refractivity contribution in [2.75, 3.05) is 39.3 Å². The van der Waals surface area contributed by atoms with Gasteiger partial charge in [0.2, 0.25) is 10.0 Å². The van der Waals surface area contributed by atoms with Gasteiger partial charge < -0.3 is 4.90 Å². The number of fused-ring (bicyclic) bond motifs is 1. The molecule has 0 spiro atoms. The molecule has 2 aliphatic rings. The second-order valence-electron chi connectivity index (χ2n) is 8.29. The predicted molar refractivity (Wildman–Crippen MR) is 125 cm³/mol. The number of benzene rings is 1. The van der Waals surface area contributed by atoms with Gasteiger partial charge in [-0.1, -0.05) is 24.3 Å². The lowest BCUT2D eigenvalue weighted by Crippen LogP contribution is -2.48. The Labute approximate surface area is 192 Å². The zero-order valence-corrected chi connectivity index (χ0v) is 19.4. The van der Waals surface area contributed by atoms with Crippen LogP contribution >= 0.6 is 11.3 Å². The van der Waals surface area contributed by atoms with Crippen molar-refractivity contribution in [2.24, 2.45) is 0 Å². The zero-order valence-electron chi connectivity index (χ0n) is 17.8. The molecule has 2 aliphatic heterocycles. The van der Waals surface area contributed by atoms with Crippen LogP contribution in [0.1, 0.15) is 28.1 Å². The molecule has 32 heavy (non-hydrogen) atoms. The van der Waals surface area contributed by atoms with Crippen LogP contribution in [0, 0.1) is 0 Å². The van der Waals surface area contributed by atoms with E-state index in [0.717, 1.165) is 43.4 Å². The summed E-state index contributed by atoms with van der Waals surface area (Å²) in [5.74, 6) is -0.177. The Hall–Kier alpha value is -2.33. The molecule has 0 aliphatic carbocycles. The van der Waals surface area contributed by atoms with E-state index in [1.807, 2.05) is 12.3 Å². The molecule has 2 fully saturated rings. The molecule has 0 unspecified atom stereocenters. The first-order chi connectivity index (χ1) is 15.5.